The van der Waals surface area contributed by atoms with Gasteiger partial charge in [0.25, 0.3) is 0 Å². The number of allylic oxidation sites excluding steroid dienone is 1. The Labute approximate surface area is 102 Å². The molecule has 0 saturated carbocycles. The normalized spacial score (nSPS) is 13.6. The predicted octanol–water partition coefficient (Wildman–Crippen LogP) is 2.74. The van der Waals surface area contributed by atoms with E-state index in [1.54, 1.807) is 20.3 Å². The van der Waals surface area contributed by atoms with Crippen molar-refractivity contribution in [3.05, 3.63) is 36.4 Å². The number of aldehydes is 1. The van der Waals surface area contributed by atoms with E-state index in [1.807, 2.05) is 25.1 Å². The molecule has 1 unspecified atom stereocenters. The Morgan fingerprint density at radius 2 is 2.06 bits per heavy atom. The van der Waals surface area contributed by atoms with Crippen molar-refractivity contribution in [2.75, 3.05) is 14.2 Å². The summed E-state index contributed by atoms with van der Waals surface area (Å²) in [6.45, 7) is 5.75. The molecule has 0 radical (unpaired) electrons. The van der Waals surface area contributed by atoms with Gasteiger partial charge in [-0.05, 0) is 18.2 Å². The average Bonchev–Trinajstić information content (AvgIpc) is 2.38. The van der Waals surface area contributed by atoms with Crippen molar-refractivity contribution in [1.29, 1.82) is 0 Å². The van der Waals surface area contributed by atoms with E-state index in [9.17, 15) is 4.79 Å². The first-order valence-corrected chi connectivity index (χ1v) is 5.41. The highest BCUT2D eigenvalue weighted by molar-refractivity contribution is 5.57. The highest BCUT2D eigenvalue weighted by atomic mass is 16.5. The number of benzene rings is 1. The van der Waals surface area contributed by atoms with Gasteiger partial charge in [-0.25, -0.2) is 0 Å². The maximum absolute atomic E-state index is 10.8. The van der Waals surface area contributed by atoms with Crippen LogP contribution in [-0.2, 0) is 10.2 Å². The Morgan fingerprint density at radius 1 is 1.35 bits per heavy atom. The van der Waals surface area contributed by atoms with E-state index in [2.05, 4.69) is 6.58 Å². The van der Waals surface area contributed by atoms with Crippen LogP contribution in [0, 0.1) is 0 Å². The molecule has 0 saturated heterocycles. The number of hydrogen-bond acceptors (Lipinski definition) is 3. The molecule has 0 heterocycles. The summed E-state index contributed by atoms with van der Waals surface area (Å²) in [7, 11) is 3.21. The van der Waals surface area contributed by atoms with Gasteiger partial charge in [0.1, 0.15) is 17.8 Å². The van der Waals surface area contributed by atoms with Crippen LogP contribution in [0.2, 0.25) is 0 Å². The van der Waals surface area contributed by atoms with E-state index in [0.717, 1.165) is 23.3 Å². The van der Waals surface area contributed by atoms with Gasteiger partial charge < -0.3 is 14.3 Å². The first-order valence-electron chi connectivity index (χ1n) is 5.41. The molecular formula is C14H18O3. The van der Waals surface area contributed by atoms with Crippen molar-refractivity contribution in [3.63, 3.8) is 0 Å². The highest BCUT2D eigenvalue weighted by Crippen LogP contribution is 2.37. The van der Waals surface area contributed by atoms with Crippen LogP contribution in [-0.4, -0.2) is 20.5 Å². The molecule has 0 aliphatic heterocycles. The second kappa shape index (κ2) is 5.53. The Morgan fingerprint density at radius 3 is 2.53 bits per heavy atom. The van der Waals surface area contributed by atoms with Crippen molar-refractivity contribution in [3.8, 4) is 11.5 Å². The minimum absolute atomic E-state index is 0.361. The smallest absolute Gasteiger partial charge is 0.123 e. The largest absolute Gasteiger partial charge is 0.497 e. The molecule has 0 spiro atoms. The van der Waals surface area contributed by atoms with E-state index in [0.29, 0.717) is 6.42 Å². The zero-order valence-corrected chi connectivity index (χ0v) is 10.5. The summed E-state index contributed by atoms with van der Waals surface area (Å²) in [5.41, 5.74) is 0.461. The molecule has 1 aromatic rings. The van der Waals surface area contributed by atoms with E-state index < -0.39 is 5.41 Å². The Bertz CT molecular complexity index is 412. The molecule has 0 aliphatic carbocycles. The molecular weight excluding hydrogens is 216 g/mol. The number of carbonyl (C=O) groups excluding carboxylic acids is 1. The molecule has 0 amide bonds. The van der Waals surface area contributed by atoms with E-state index in [4.69, 9.17) is 9.47 Å². The standard InChI is InChI=1S/C14H18O3/c1-5-14(2,8-9-15)12-10-11(16-3)6-7-13(12)17-4/h5-7,9-10H,1,8H2,2-4H3. The fourth-order valence-electron chi connectivity index (χ4n) is 1.74. The summed E-state index contributed by atoms with van der Waals surface area (Å²) < 4.78 is 10.5. The van der Waals surface area contributed by atoms with Gasteiger partial charge in [-0.2, -0.15) is 0 Å². The molecule has 1 aromatic carbocycles. The minimum Gasteiger partial charge on any atom is -0.497 e. The maximum atomic E-state index is 10.8. The van der Waals surface area contributed by atoms with Crippen LogP contribution in [0.4, 0.5) is 0 Å². The van der Waals surface area contributed by atoms with E-state index >= 15 is 0 Å². The lowest BCUT2D eigenvalue weighted by molar-refractivity contribution is -0.108. The molecule has 92 valence electrons. The summed E-state index contributed by atoms with van der Waals surface area (Å²) >= 11 is 0. The van der Waals surface area contributed by atoms with Crippen LogP contribution >= 0.6 is 0 Å². The summed E-state index contributed by atoms with van der Waals surface area (Å²) in [5, 5.41) is 0. The second-order valence-corrected chi connectivity index (χ2v) is 4.06. The maximum Gasteiger partial charge on any atom is 0.123 e. The second-order valence-electron chi connectivity index (χ2n) is 4.06. The molecule has 17 heavy (non-hydrogen) atoms. The van der Waals surface area contributed by atoms with Gasteiger partial charge in [-0.15, -0.1) is 6.58 Å². The van der Waals surface area contributed by atoms with E-state index in [-0.39, 0.29) is 0 Å². The van der Waals surface area contributed by atoms with Gasteiger partial charge in [0.15, 0.2) is 0 Å². The molecule has 0 aromatic heterocycles. The van der Waals surface area contributed by atoms with Crippen molar-refractivity contribution in [2.45, 2.75) is 18.8 Å². The average molecular weight is 234 g/mol. The van der Waals surface area contributed by atoms with Crippen LogP contribution < -0.4 is 9.47 Å². The summed E-state index contributed by atoms with van der Waals surface area (Å²) in [6, 6.07) is 5.54. The number of methoxy groups -OCH3 is 2. The summed E-state index contributed by atoms with van der Waals surface area (Å²) in [4.78, 5) is 10.8. The van der Waals surface area contributed by atoms with Crippen LogP contribution in [0.15, 0.2) is 30.9 Å². The lowest BCUT2D eigenvalue weighted by Crippen LogP contribution is -2.20. The van der Waals surface area contributed by atoms with E-state index in [1.165, 1.54) is 0 Å². The summed E-state index contributed by atoms with van der Waals surface area (Å²) in [6.07, 6.45) is 3.01. The number of rotatable bonds is 6. The van der Waals surface area contributed by atoms with Crippen LogP contribution in [0.3, 0.4) is 0 Å². The topological polar surface area (TPSA) is 35.5 Å². The Kier molecular flexibility index (Phi) is 4.32. The fraction of sp³-hybridized carbons (Fsp3) is 0.357. The van der Waals surface area contributed by atoms with Gasteiger partial charge >= 0.3 is 0 Å². The van der Waals surface area contributed by atoms with Gasteiger partial charge in [-0.1, -0.05) is 13.0 Å². The molecule has 3 heteroatoms. The lowest BCUT2D eigenvalue weighted by Gasteiger charge is -2.26. The highest BCUT2D eigenvalue weighted by Gasteiger charge is 2.26. The van der Waals surface area contributed by atoms with Crippen molar-refractivity contribution >= 4 is 6.29 Å². The van der Waals surface area contributed by atoms with Gasteiger partial charge in [-0.3, -0.25) is 0 Å². The molecule has 1 atom stereocenters. The molecule has 0 fully saturated rings. The molecule has 3 nitrogen and oxygen atoms in total. The predicted molar refractivity (Wildman–Crippen MR) is 67.8 cm³/mol. The van der Waals surface area contributed by atoms with Crippen molar-refractivity contribution in [1.82, 2.24) is 0 Å². The minimum atomic E-state index is -0.443. The lowest BCUT2D eigenvalue weighted by atomic mass is 9.79. The van der Waals surface area contributed by atoms with Crippen molar-refractivity contribution < 1.29 is 14.3 Å². The van der Waals surface area contributed by atoms with Crippen LogP contribution in [0.5, 0.6) is 11.5 Å². The quantitative estimate of drug-likeness (QED) is 0.561. The number of hydrogen-bond donors (Lipinski definition) is 0. The van der Waals surface area contributed by atoms with Gasteiger partial charge in [0, 0.05) is 17.4 Å². The zero-order chi connectivity index (χ0) is 12.9. The molecule has 0 aliphatic rings. The Hall–Kier alpha value is -1.77. The van der Waals surface area contributed by atoms with Crippen LogP contribution in [0.25, 0.3) is 0 Å². The molecule has 0 bridgehead atoms. The first-order chi connectivity index (χ1) is 8.11. The SMILES string of the molecule is C=CC(C)(CC=O)c1cc(OC)ccc1OC. The molecule has 0 N–H and O–H groups in total. The molecule has 1 rings (SSSR count). The number of carbonyl (C=O) groups is 1. The number of ether oxygens (including phenoxy) is 2. The third-order valence-electron chi connectivity index (χ3n) is 2.98. The summed E-state index contributed by atoms with van der Waals surface area (Å²) in [5.74, 6) is 1.47. The third kappa shape index (κ3) is 2.67. The van der Waals surface area contributed by atoms with Crippen molar-refractivity contribution in [2.24, 2.45) is 0 Å². The van der Waals surface area contributed by atoms with Gasteiger partial charge in [0.05, 0.1) is 14.2 Å². The fourth-order valence-corrected chi connectivity index (χ4v) is 1.74. The van der Waals surface area contributed by atoms with Gasteiger partial charge in [0.2, 0.25) is 0 Å². The zero-order valence-electron chi connectivity index (χ0n) is 10.5. The third-order valence-corrected chi connectivity index (χ3v) is 2.98. The van der Waals surface area contributed by atoms with Crippen LogP contribution in [0.1, 0.15) is 18.9 Å². The monoisotopic (exact) mass is 234 g/mol. The Balaban J connectivity index is 3.33. The first kappa shape index (κ1) is 13.3.